The molecule has 5 heteroatoms. The number of nitrogens with one attached hydrogen (secondary N) is 2. The van der Waals surface area contributed by atoms with Gasteiger partial charge in [0.2, 0.25) is 5.91 Å². The SMILES string of the molecule is CCC(C)C(=O)NCCNC(=O)c1ccc(C)c(F)c1. The van der Waals surface area contributed by atoms with Crippen LogP contribution in [0.25, 0.3) is 0 Å². The molecular formula is C15H21FN2O2. The number of aryl methyl sites for hydroxylation is 1. The Morgan fingerprint density at radius 3 is 2.50 bits per heavy atom. The van der Waals surface area contributed by atoms with Crippen molar-refractivity contribution < 1.29 is 14.0 Å². The molecule has 4 nitrogen and oxygen atoms in total. The van der Waals surface area contributed by atoms with Crippen LogP contribution < -0.4 is 10.6 Å². The lowest BCUT2D eigenvalue weighted by atomic mass is 10.1. The van der Waals surface area contributed by atoms with E-state index < -0.39 is 5.82 Å². The van der Waals surface area contributed by atoms with Crippen LogP contribution in [-0.2, 0) is 4.79 Å². The molecule has 0 aliphatic carbocycles. The van der Waals surface area contributed by atoms with Crippen LogP contribution in [-0.4, -0.2) is 24.9 Å². The topological polar surface area (TPSA) is 58.2 Å². The van der Waals surface area contributed by atoms with Gasteiger partial charge in [0.05, 0.1) is 0 Å². The highest BCUT2D eigenvalue weighted by molar-refractivity contribution is 5.94. The van der Waals surface area contributed by atoms with Crippen LogP contribution >= 0.6 is 0 Å². The fourth-order valence-electron chi connectivity index (χ4n) is 1.56. The maximum absolute atomic E-state index is 13.3. The van der Waals surface area contributed by atoms with Crippen LogP contribution in [0.3, 0.4) is 0 Å². The molecule has 1 aromatic rings. The van der Waals surface area contributed by atoms with Gasteiger partial charge in [-0.1, -0.05) is 19.9 Å². The van der Waals surface area contributed by atoms with Gasteiger partial charge in [-0.15, -0.1) is 0 Å². The van der Waals surface area contributed by atoms with Crippen molar-refractivity contribution in [3.05, 3.63) is 35.1 Å². The minimum atomic E-state index is -0.400. The average Bonchev–Trinajstić information content (AvgIpc) is 2.44. The highest BCUT2D eigenvalue weighted by atomic mass is 19.1. The molecule has 0 aliphatic rings. The number of carbonyl (C=O) groups excluding carboxylic acids is 2. The normalized spacial score (nSPS) is 11.8. The van der Waals surface area contributed by atoms with Crippen molar-refractivity contribution in [2.45, 2.75) is 27.2 Å². The lowest BCUT2D eigenvalue weighted by molar-refractivity contribution is -0.124. The Bertz CT molecular complexity index is 489. The molecule has 1 unspecified atom stereocenters. The third-order valence-corrected chi connectivity index (χ3v) is 3.20. The summed E-state index contributed by atoms with van der Waals surface area (Å²) >= 11 is 0. The molecule has 1 aromatic carbocycles. The Morgan fingerprint density at radius 2 is 1.90 bits per heavy atom. The first-order valence-electron chi connectivity index (χ1n) is 6.77. The number of rotatable bonds is 6. The van der Waals surface area contributed by atoms with Gasteiger partial charge in [0.15, 0.2) is 0 Å². The van der Waals surface area contributed by atoms with E-state index in [1.807, 2.05) is 13.8 Å². The Labute approximate surface area is 118 Å². The summed E-state index contributed by atoms with van der Waals surface area (Å²) in [6.45, 7) is 6.11. The van der Waals surface area contributed by atoms with E-state index in [1.165, 1.54) is 6.07 Å². The van der Waals surface area contributed by atoms with E-state index in [1.54, 1.807) is 19.1 Å². The second-order valence-electron chi connectivity index (χ2n) is 4.82. The summed E-state index contributed by atoms with van der Waals surface area (Å²) in [5.74, 6) is -0.801. The maximum Gasteiger partial charge on any atom is 0.251 e. The van der Waals surface area contributed by atoms with Crippen molar-refractivity contribution in [3.63, 3.8) is 0 Å². The van der Waals surface area contributed by atoms with Crippen LogP contribution in [0.1, 0.15) is 36.2 Å². The molecule has 0 aliphatic heterocycles. The molecular weight excluding hydrogens is 259 g/mol. The van der Waals surface area contributed by atoms with Crippen LogP contribution in [0.15, 0.2) is 18.2 Å². The van der Waals surface area contributed by atoms with E-state index in [0.29, 0.717) is 18.7 Å². The molecule has 0 aromatic heterocycles. The number of carbonyl (C=O) groups is 2. The lowest BCUT2D eigenvalue weighted by Gasteiger charge is -2.10. The van der Waals surface area contributed by atoms with E-state index in [4.69, 9.17) is 0 Å². The van der Waals surface area contributed by atoms with Crippen molar-refractivity contribution in [2.24, 2.45) is 5.92 Å². The molecule has 0 saturated carbocycles. The fourth-order valence-corrected chi connectivity index (χ4v) is 1.56. The molecule has 0 radical (unpaired) electrons. The first kappa shape index (κ1) is 16.1. The Hall–Kier alpha value is -1.91. The summed E-state index contributed by atoms with van der Waals surface area (Å²) in [5, 5.41) is 5.37. The minimum Gasteiger partial charge on any atom is -0.354 e. The van der Waals surface area contributed by atoms with E-state index in [0.717, 1.165) is 6.42 Å². The largest absolute Gasteiger partial charge is 0.354 e. The second kappa shape index (κ2) is 7.62. The molecule has 20 heavy (non-hydrogen) atoms. The van der Waals surface area contributed by atoms with Crippen molar-refractivity contribution in [1.29, 1.82) is 0 Å². The van der Waals surface area contributed by atoms with Gasteiger partial charge in [-0.3, -0.25) is 9.59 Å². The number of hydrogen-bond donors (Lipinski definition) is 2. The summed E-state index contributed by atoms with van der Waals surface area (Å²) < 4.78 is 13.3. The van der Waals surface area contributed by atoms with Gasteiger partial charge in [0, 0.05) is 24.6 Å². The van der Waals surface area contributed by atoms with Gasteiger partial charge in [0.25, 0.3) is 5.91 Å². The number of halogens is 1. The van der Waals surface area contributed by atoms with E-state index in [2.05, 4.69) is 10.6 Å². The molecule has 0 spiro atoms. The fraction of sp³-hybridized carbons (Fsp3) is 0.467. The van der Waals surface area contributed by atoms with Crippen LogP contribution in [0.5, 0.6) is 0 Å². The summed E-state index contributed by atoms with van der Waals surface area (Å²) in [6, 6.07) is 4.35. The first-order valence-corrected chi connectivity index (χ1v) is 6.77. The molecule has 1 rings (SSSR count). The van der Waals surface area contributed by atoms with E-state index >= 15 is 0 Å². The highest BCUT2D eigenvalue weighted by Crippen LogP contribution is 2.08. The first-order chi connectivity index (χ1) is 9.45. The lowest BCUT2D eigenvalue weighted by Crippen LogP contribution is -2.36. The monoisotopic (exact) mass is 280 g/mol. The molecule has 110 valence electrons. The summed E-state index contributed by atoms with van der Waals surface area (Å²) in [5.41, 5.74) is 0.781. The molecule has 1 atom stereocenters. The molecule has 0 saturated heterocycles. The number of hydrogen-bond acceptors (Lipinski definition) is 2. The second-order valence-corrected chi connectivity index (χ2v) is 4.82. The Kier molecular flexibility index (Phi) is 6.15. The van der Waals surface area contributed by atoms with Gasteiger partial charge in [-0.2, -0.15) is 0 Å². The van der Waals surface area contributed by atoms with Gasteiger partial charge in [0.1, 0.15) is 5.82 Å². The quantitative estimate of drug-likeness (QED) is 0.783. The third-order valence-electron chi connectivity index (χ3n) is 3.20. The van der Waals surface area contributed by atoms with Crippen LogP contribution in [0.4, 0.5) is 4.39 Å². The van der Waals surface area contributed by atoms with Crippen molar-refractivity contribution in [2.75, 3.05) is 13.1 Å². The van der Waals surface area contributed by atoms with Gasteiger partial charge in [-0.25, -0.2) is 4.39 Å². The minimum absolute atomic E-state index is 0.0249. The molecule has 0 fully saturated rings. The summed E-state index contributed by atoms with van der Waals surface area (Å²) in [4.78, 5) is 23.2. The summed E-state index contributed by atoms with van der Waals surface area (Å²) in [6.07, 6.45) is 0.779. The number of benzene rings is 1. The van der Waals surface area contributed by atoms with E-state index in [9.17, 15) is 14.0 Å². The zero-order valence-electron chi connectivity index (χ0n) is 12.1. The van der Waals surface area contributed by atoms with Crippen LogP contribution in [0.2, 0.25) is 0 Å². The standard InChI is InChI=1S/C15H21FN2O2/c1-4-10(2)14(19)17-7-8-18-15(20)12-6-5-11(3)13(16)9-12/h5-6,9-10H,4,7-8H2,1-3H3,(H,17,19)(H,18,20). The predicted octanol–water partition coefficient (Wildman–Crippen LogP) is 2.03. The zero-order valence-corrected chi connectivity index (χ0v) is 12.1. The average molecular weight is 280 g/mol. The van der Waals surface area contributed by atoms with Gasteiger partial charge >= 0.3 is 0 Å². The summed E-state index contributed by atoms with van der Waals surface area (Å²) in [7, 11) is 0. The van der Waals surface area contributed by atoms with Crippen molar-refractivity contribution >= 4 is 11.8 Å². The molecule has 0 bridgehead atoms. The number of amides is 2. The van der Waals surface area contributed by atoms with Gasteiger partial charge < -0.3 is 10.6 Å². The molecule has 0 heterocycles. The predicted molar refractivity (Wildman–Crippen MR) is 75.9 cm³/mol. The smallest absolute Gasteiger partial charge is 0.251 e. The zero-order chi connectivity index (χ0) is 15.1. The Morgan fingerprint density at radius 1 is 1.25 bits per heavy atom. The molecule has 2 amide bonds. The molecule has 2 N–H and O–H groups in total. The van der Waals surface area contributed by atoms with Gasteiger partial charge in [-0.05, 0) is 31.0 Å². The van der Waals surface area contributed by atoms with E-state index in [-0.39, 0.29) is 23.3 Å². The Balaban J connectivity index is 2.37. The highest BCUT2D eigenvalue weighted by Gasteiger charge is 2.10. The van der Waals surface area contributed by atoms with Crippen molar-refractivity contribution in [1.82, 2.24) is 10.6 Å². The van der Waals surface area contributed by atoms with Crippen LogP contribution in [0, 0.1) is 18.7 Å². The third kappa shape index (κ3) is 4.64. The maximum atomic E-state index is 13.3. The van der Waals surface area contributed by atoms with Crippen molar-refractivity contribution in [3.8, 4) is 0 Å².